The Morgan fingerprint density at radius 2 is 1.69 bits per heavy atom. The lowest BCUT2D eigenvalue weighted by Crippen LogP contribution is -2.50. The molecule has 1 aromatic heterocycles. The molecule has 0 bridgehead atoms. The van der Waals surface area contributed by atoms with Crippen molar-refractivity contribution in [3.8, 4) is 5.75 Å². The van der Waals surface area contributed by atoms with Gasteiger partial charge >= 0.3 is 6.97 Å². The first kappa shape index (κ1) is 18.6. The van der Waals surface area contributed by atoms with Crippen LogP contribution < -0.4 is 4.74 Å². The summed E-state index contributed by atoms with van der Waals surface area (Å²) in [6.45, 7) is -4.02. The van der Waals surface area contributed by atoms with Crippen LogP contribution in [-0.4, -0.2) is 27.7 Å². The van der Waals surface area contributed by atoms with Crippen molar-refractivity contribution in [2.24, 2.45) is 0 Å². The molecular weight excluding hydrogens is 605 g/mol. The highest BCUT2D eigenvalue weighted by Gasteiger charge is 2.54. The molecule has 0 aliphatic carbocycles. The van der Waals surface area contributed by atoms with Crippen LogP contribution in [0.25, 0.3) is 5.57 Å². The summed E-state index contributed by atoms with van der Waals surface area (Å²) in [4.78, 5) is 0. The number of benzene rings is 1. The lowest BCUT2D eigenvalue weighted by molar-refractivity contribution is -0.358. The summed E-state index contributed by atoms with van der Waals surface area (Å²) in [6, 6.07) is 7.07. The van der Waals surface area contributed by atoms with Crippen molar-refractivity contribution in [3.05, 3.63) is 66.9 Å². The molecule has 1 aromatic carbocycles. The number of ether oxygens (including phenoxy) is 1. The first-order valence-electron chi connectivity index (χ1n) is 7.44. The van der Waals surface area contributed by atoms with Crippen molar-refractivity contribution >= 4 is 80.9 Å². The van der Waals surface area contributed by atoms with Crippen LogP contribution in [0.2, 0.25) is 0 Å². The minimum atomic E-state index is -4.02. The Hall–Kier alpha value is -0.705. The Kier molecular flexibility index (Phi) is 4.61. The maximum atomic E-state index is 15.2. The third-order valence-electron chi connectivity index (χ3n) is 4.36. The minimum absolute atomic E-state index is 0.327. The fourth-order valence-corrected chi connectivity index (χ4v) is 5.98. The minimum Gasteiger partial charge on any atom is -0.494 e. The molecule has 3 heterocycles. The molecule has 4 rings (SSSR count). The van der Waals surface area contributed by atoms with Gasteiger partial charge in [0.25, 0.3) is 0 Å². The molecule has 0 radical (unpaired) electrons. The van der Waals surface area contributed by atoms with Crippen LogP contribution in [0.3, 0.4) is 0 Å². The molecule has 134 valence electrons. The number of fused-ring (bicyclic) bond motifs is 2. The zero-order valence-electron chi connectivity index (χ0n) is 13.1. The Labute approximate surface area is 182 Å². The van der Waals surface area contributed by atoms with E-state index in [1.54, 1.807) is 31.4 Å². The van der Waals surface area contributed by atoms with Gasteiger partial charge in [0.2, 0.25) is 4.62 Å². The molecule has 0 amide bonds. The van der Waals surface area contributed by atoms with Gasteiger partial charge in [0.1, 0.15) is 5.75 Å². The highest BCUT2D eigenvalue weighted by Crippen LogP contribution is 2.44. The topological polar surface area (TPSA) is 17.2 Å². The monoisotopic (exact) mass is 610 g/mol. The predicted molar refractivity (Wildman–Crippen MR) is 113 cm³/mol. The van der Waals surface area contributed by atoms with Crippen LogP contribution in [0.15, 0.2) is 55.7 Å². The Balaban J connectivity index is 2.08. The first-order chi connectivity index (χ1) is 12.3. The van der Waals surface area contributed by atoms with Gasteiger partial charge in [-0.15, -0.1) is 0 Å². The van der Waals surface area contributed by atoms with E-state index in [0.29, 0.717) is 31.9 Å². The molecule has 0 fully saturated rings. The third-order valence-corrected chi connectivity index (χ3v) is 6.83. The van der Waals surface area contributed by atoms with Gasteiger partial charge in [-0.1, -0.05) is 0 Å². The molecule has 0 atom stereocenters. The number of rotatable bonds is 2. The van der Waals surface area contributed by atoms with E-state index < -0.39 is 6.97 Å². The lowest BCUT2D eigenvalue weighted by atomic mass is 9.86. The molecule has 0 unspecified atom stereocenters. The van der Waals surface area contributed by atoms with Crippen LogP contribution in [-0.2, 0) is 0 Å². The highest BCUT2D eigenvalue weighted by atomic mass is 79.9. The second-order valence-corrected chi connectivity index (χ2v) is 9.09. The summed E-state index contributed by atoms with van der Waals surface area (Å²) in [7, 11) is 1.58. The summed E-state index contributed by atoms with van der Waals surface area (Å²) in [6.07, 6.45) is 3.34. The molecule has 0 saturated carbocycles. The van der Waals surface area contributed by atoms with E-state index in [4.69, 9.17) is 4.74 Å². The predicted octanol–water partition coefficient (Wildman–Crippen LogP) is 6.16. The zero-order valence-corrected chi connectivity index (χ0v) is 19.5. The van der Waals surface area contributed by atoms with Crippen molar-refractivity contribution < 1.29 is 17.9 Å². The molecule has 3 nitrogen and oxygen atoms in total. The Morgan fingerprint density at radius 3 is 2.31 bits per heavy atom. The number of allylic oxidation sites excluding steroid dienone is 2. The average molecular weight is 614 g/mol. The van der Waals surface area contributed by atoms with Gasteiger partial charge in [-0.25, -0.2) is 0 Å². The van der Waals surface area contributed by atoms with E-state index in [1.165, 1.54) is 0 Å². The van der Waals surface area contributed by atoms with Crippen molar-refractivity contribution in [1.29, 1.82) is 0 Å². The molecule has 0 saturated heterocycles. The molecule has 2 aliphatic rings. The molecule has 0 spiro atoms. The fraction of sp³-hybridized carbons (Fsp3) is 0.0625. The first-order valence-corrected chi connectivity index (χ1v) is 10.6. The van der Waals surface area contributed by atoms with Gasteiger partial charge in [0.05, 0.1) is 26.2 Å². The van der Waals surface area contributed by atoms with Crippen LogP contribution >= 0.6 is 63.7 Å². The number of halogens is 6. The second kappa shape index (κ2) is 6.43. The van der Waals surface area contributed by atoms with E-state index in [2.05, 4.69) is 63.7 Å². The second-order valence-electron chi connectivity index (χ2n) is 5.76. The van der Waals surface area contributed by atoms with Crippen molar-refractivity contribution in [1.82, 2.24) is 4.48 Å². The van der Waals surface area contributed by atoms with Gasteiger partial charge in [0.15, 0.2) is 5.70 Å². The molecular formula is C16H9BBr4F2N2O. The Bertz CT molecular complexity index is 1040. The van der Waals surface area contributed by atoms with Crippen LogP contribution in [0, 0.1) is 0 Å². The molecule has 0 N–H and O–H groups in total. The van der Waals surface area contributed by atoms with Gasteiger partial charge in [-0.2, -0.15) is 0 Å². The summed E-state index contributed by atoms with van der Waals surface area (Å²) >= 11 is 13.5. The SMILES string of the molecule is COc1c(Br)cc(C2=C3C=CC(Br)=[N+]3[B-](F)(F)n3c(Br)ccc32)cc1Br. The van der Waals surface area contributed by atoms with E-state index in [0.717, 1.165) is 23.5 Å². The number of methoxy groups -OCH3 is 1. The number of aromatic nitrogens is 1. The standard InChI is InChI=1S/C16H9BBr4F2N2O/c1-26-16-9(18)6-8(7-10(16)19)15-11-2-4-13(20)24(11)17(22,23)25-12(15)3-5-14(25)21/h2-7H,1H3. The van der Waals surface area contributed by atoms with Crippen molar-refractivity contribution in [3.63, 3.8) is 0 Å². The van der Waals surface area contributed by atoms with E-state index in [1.807, 2.05) is 12.1 Å². The highest BCUT2D eigenvalue weighted by molar-refractivity contribution is 9.18. The van der Waals surface area contributed by atoms with Gasteiger partial charge in [0, 0.05) is 33.8 Å². The van der Waals surface area contributed by atoms with Gasteiger partial charge < -0.3 is 22.3 Å². The summed E-state index contributed by atoms with van der Waals surface area (Å²) < 4.78 is 40.0. The van der Waals surface area contributed by atoms with Crippen LogP contribution in [0.1, 0.15) is 11.3 Å². The average Bonchev–Trinajstić information content (AvgIpc) is 3.12. The van der Waals surface area contributed by atoms with Crippen LogP contribution in [0.4, 0.5) is 8.63 Å². The molecule has 26 heavy (non-hydrogen) atoms. The van der Waals surface area contributed by atoms with Crippen molar-refractivity contribution in [2.45, 2.75) is 0 Å². The molecule has 2 aliphatic heterocycles. The lowest BCUT2D eigenvalue weighted by Gasteiger charge is -2.32. The van der Waals surface area contributed by atoms with Gasteiger partial charge in [-0.3, -0.25) is 0 Å². The number of nitrogens with zero attached hydrogens (tertiary/aromatic N) is 2. The smallest absolute Gasteiger partial charge is 0.494 e. The summed E-state index contributed by atoms with van der Waals surface area (Å²) in [5.74, 6) is 0.646. The number of hydrogen-bond acceptors (Lipinski definition) is 1. The van der Waals surface area contributed by atoms with E-state index >= 15 is 8.63 Å². The van der Waals surface area contributed by atoms with Gasteiger partial charge in [-0.05, 0) is 77.6 Å². The Morgan fingerprint density at radius 1 is 1.04 bits per heavy atom. The number of hydrogen-bond donors (Lipinski definition) is 0. The normalized spacial score (nSPS) is 17.7. The van der Waals surface area contributed by atoms with E-state index in [9.17, 15) is 0 Å². The summed E-state index contributed by atoms with van der Waals surface area (Å²) in [5.41, 5.74) is 2.39. The largest absolute Gasteiger partial charge is 0.738 e. The quantitative estimate of drug-likeness (QED) is 0.372. The third kappa shape index (κ3) is 2.56. The van der Waals surface area contributed by atoms with Crippen molar-refractivity contribution in [2.75, 3.05) is 7.11 Å². The van der Waals surface area contributed by atoms with E-state index in [-0.39, 0.29) is 0 Å². The molecule has 10 heteroatoms. The summed E-state index contributed by atoms with van der Waals surface area (Å²) in [5, 5.41) is 0. The maximum Gasteiger partial charge on any atom is 0.738 e. The fourth-order valence-electron chi connectivity index (χ4n) is 3.33. The maximum absolute atomic E-state index is 15.2. The zero-order chi connectivity index (χ0) is 18.8. The van der Waals surface area contributed by atoms with Crippen LogP contribution in [0.5, 0.6) is 5.75 Å². The molecule has 2 aromatic rings.